The van der Waals surface area contributed by atoms with Crippen LogP contribution in [0.25, 0.3) is 0 Å². The van der Waals surface area contributed by atoms with E-state index in [9.17, 15) is 0 Å². The number of anilines is 1. The fourth-order valence-corrected chi connectivity index (χ4v) is 3.81. The van der Waals surface area contributed by atoms with Gasteiger partial charge in [0.1, 0.15) is 5.75 Å². The lowest BCUT2D eigenvalue weighted by Crippen LogP contribution is -2.03. The summed E-state index contributed by atoms with van der Waals surface area (Å²) in [5.74, 6) is 2.45. The molecule has 0 spiro atoms. The Balaban J connectivity index is 1.72. The molecule has 0 saturated heterocycles. The first-order chi connectivity index (χ1) is 9.24. The molecule has 1 aliphatic heterocycles. The molecule has 0 aromatic heterocycles. The molecule has 1 atom stereocenters. The summed E-state index contributed by atoms with van der Waals surface area (Å²) in [6, 6.07) is 14.2. The zero-order valence-corrected chi connectivity index (χ0v) is 12.7. The summed E-state index contributed by atoms with van der Waals surface area (Å²) in [6.45, 7) is 0.764. The summed E-state index contributed by atoms with van der Waals surface area (Å²) >= 11 is 5.27. The zero-order valence-electron chi connectivity index (χ0n) is 10.3. The van der Waals surface area contributed by atoms with Crippen molar-refractivity contribution in [1.29, 1.82) is 0 Å². The maximum absolute atomic E-state index is 6.00. The van der Waals surface area contributed by atoms with Gasteiger partial charge in [0.05, 0.1) is 6.61 Å². The van der Waals surface area contributed by atoms with Crippen LogP contribution in [0.3, 0.4) is 0 Å². The second-order valence-corrected chi connectivity index (χ2v) is 6.52. The topological polar surface area (TPSA) is 35.2 Å². The molecule has 1 heterocycles. The Morgan fingerprint density at radius 3 is 3.00 bits per heavy atom. The molecule has 98 valence electrons. The molecule has 0 amide bonds. The van der Waals surface area contributed by atoms with E-state index in [1.807, 2.05) is 24.3 Å². The van der Waals surface area contributed by atoms with Crippen molar-refractivity contribution < 1.29 is 4.74 Å². The van der Waals surface area contributed by atoms with Gasteiger partial charge < -0.3 is 10.5 Å². The Kier molecular flexibility index (Phi) is 3.71. The van der Waals surface area contributed by atoms with E-state index in [0.717, 1.165) is 33.2 Å². The number of fused-ring (bicyclic) bond motifs is 1. The Bertz CT molecular complexity index is 602. The number of nitrogens with two attached hydrogens (primary N) is 1. The van der Waals surface area contributed by atoms with Crippen molar-refractivity contribution in [3.63, 3.8) is 0 Å². The minimum Gasteiger partial charge on any atom is -0.493 e. The third kappa shape index (κ3) is 2.74. The fourth-order valence-electron chi connectivity index (χ4n) is 2.19. The lowest BCUT2D eigenvalue weighted by atomic mass is 10.0. The van der Waals surface area contributed by atoms with Crippen LogP contribution in [0, 0.1) is 0 Å². The van der Waals surface area contributed by atoms with Crippen molar-refractivity contribution in [2.24, 2.45) is 0 Å². The van der Waals surface area contributed by atoms with Crippen LogP contribution in [0.1, 0.15) is 11.5 Å². The van der Waals surface area contributed by atoms with Crippen molar-refractivity contribution in [3.8, 4) is 5.75 Å². The van der Waals surface area contributed by atoms with E-state index >= 15 is 0 Å². The Morgan fingerprint density at radius 2 is 2.11 bits per heavy atom. The molecule has 0 radical (unpaired) electrons. The number of para-hydroxylation sites is 1. The third-order valence-corrected chi connectivity index (χ3v) is 4.94. The highest BCUT2D eigenvalue weighted by Crippen LogP contribution is 2.38. The molecular weight excluding hydrogens is 322 g/mol. The highest BCUT2D eigenvalue weighted by molar-refractivity contribution is 9.10. The van der Waals surface area contributed by atoms with Gasteiger partial charge in [0.15, 0.2) is 0 Å². The number of hydrogen-bond acceptors (Lipinski definition) is 3. The van der Waals surface area contributed by atoms with Gasteiger partial charge >= 0.3 is 0 Å². The van der Waals surface area contributed by atoms with Crippen LogP contribution in [-0.4, -0.2) is 12.4 Å². The second-order valence-electron chi connectivity index (χ2n) is 4.54. The number of ether oxygens (including phenoxy) is 1. The molecule has 2 aromatic carbocycles. The quantitative estimate of drug-likeness (QED) is 0.670. The van der Waals surface area contributed by atoms with Gasteiger partial charge in [-0.15, -0.1) is 11.8 Å². The van der Waals surface area contributed by atoms with E-state index in [1.165, 1.54) is 5.56 Å². The number of halogens is 1. The van der Waals surface area contributed by atoms with Gasteiger partial charge in [-0.1, -0.05) is 34.1 Å². The largest absolute Gasteiger partial charge is 0.493 e. The molecule has 19 heavy (non-hydrogen) atoms. The van der Waals surface area contributed by atoms with Gasteiger partial charge in [-0.2, -0.15) is 0 Å². The number of hydrogen-bond donors (Lipinski definition) is 1. The highest BCUT2D eigenvalue weighted by atomic mass is 79.9. The molecule has 1 aliphatic rings. The van der Waals surface area contributed by atoms with E-state index in [2.05, 4.69) is 34.1 Å². The predicted molar refractivity (Wildman–Crippen MR) is 84.0 cm³/mol. The molecule has 0 aliphatic carbocycles. The van der Waals surface area contributed by atoms with Crippen molar-refractivity contribution in [1.82, 2.24) is 0 Å². The standard InChI is InChI=1S/C15H14BrNOS/c16-11-5-6-13(17)15(7-11)19-9-10-8-18-14-4-2-1-3-12(10)14/h1-7,10H,8-9,17H2. The maximum atomic E-state index is 6.00. The van der Waals surface area contributed by atoms with E-state index < -0.39 is 0 Å². The fraction of sp³-hybridized carbons (Fsp3) is 0.200. The Morgan fingerprint density at radius 1 is 1.26 bits per heavy atom. The van der Waals surface area contributed by atoms with Crippen LogP contribution in [-0.2, 0) is 0 Å². The molecular formula is C15H14BrNOS. The van der Waals surface area contributed by atoms with Crippen LogP contribution in [0.4, 0.5) is 5.69 Å². The predicted octanol–water partition coefficient (Wildman–Crippen LogP) is 4.30. The summed E-state index contributed by atoms with van der Waals surface area (Å²) in [4.78, 5) is 1.12. The van der Waals surface area contributed by atoms with Crippen LogP contribution in [0.2, 0.25) is 0 Å². The number of benzene rings is 2. The molecule has 1 unspecified atom stereocenters. The molecule has 2 nitrogen and oxygen atoms in total. The minimum absolute atomic E-state index is 0.444. The van der Waals surface area contributed by atoms with Crippen molar-refractivity contribution in [2.45, 2.75) is 10.8 Å². The van der Waals surface area contributed by atoms with Gasteiger partial charge in [0.2, 0.25) is 0 Å². The maximum Gasteiger partial charge on any atom is 0.122 e. The van der Waals surface area contributed by atoms with Crippen molar-refractivity contribution in [3.05, 3.63) is 52.5 Å². The number of nitrogen functional groups attached to an aromatic ring is 1. The Labute approximate surface area is 125 Å². The van der Waals surface area contributed by atoms with Gasteiger partial charge in [-0.3, -0.25) is 0 Å². The first-order valence-corrected chi connectivity index (χ1v) is 7.91. The molecule has 0 fully saturated rings. The highest BCUT2D eigenvalue weighted by Gasteiger charge is 2.23. The Hall–Kier alpha value is -1.13. The molecule has 3 rings (SSSR count). The van der Waals surface area contributed by atoms with Crippen LogP contribution >= 0.6 is 27.7 Å². The molecule has 2 N–H and O–H groups in total. The van der Waals surface area contributed by atoms with Gasteiger partial charge in [0.25, 0.3) is 0 Å². The van der Waals surface area contributed by atoms with Crippen LogP contribution in [0.5, 0.6) is 5.75 Å². The minimum atomic E-state index is 0.444. The number of rotatable bonds is 3. The van der Waals surface area contributed by atoms with Crippen LogP contribution < -0.4 is 10.5 Å². The van der Waals surface area contributed by atoms with E-state index in [1.54, 1.807) is 11.8 Å². The van der Waals surface area contributed by atoms with Crippen LogP contribution in [0.15, 0.2) is 51.8 Å². The van der Waals surface area contributed by atoms with Crippen molar-refractivity contribution in [2.75, 3.05) is 18.1 Å². The lowest BCUT2D eigenvalue weighted by Gasteiger charge is -2.10. The SMILES string of the molecule is Nc1ccc(Br)cc1SCC1COc2ccccc21. The first-order valence-electron chi connectivity index (χ1n) is 6.13. The molecule has 0 saturated carbocycles. The average molecular weight is 336 g/mol. The summed E-state index contributed by atoms with van der Waals surface area (Å²) in [7, 11) is 0. The number of thioether (sulfide) groups is 1. The molecule has 0 bridgehead atoms. The smallest absolute Gasteiger partial charge is 0.122 e. The summed E-state index contributed by atoms with van der Waals surface area (Å²) in [6.07, 6.45) is 0. The summed E-state index contributed by atoms with van der Waals surface area (Å²) < 4.78 is 6.76. The van der Waals surface area contributed by atoms with E-state index in [0.29, 0.717) is 5.92 Å². The normalized spacial score (nSPS) is 17.0. The monoisotopic (exact) mass is 335 g/mol. The summed E-state index contributed by atoms with van der Waals surface area (Å²) in [5.41, 5.74) is 8.14. The van der Waals surface area contributed by atoms with E-state index in [4.69, 9.17) is 10.5 Å². The van der Waals surface area contributed by atoms with Gasteiger partial charge in [-0.05, 0) is 24.3 Å². The molecule has 2 aromatic rings. The summed E-state index contributed by atoms with van der Waals surface area (Å²) in [5, 5.41) is 0. The average Bonchev–Trinajstić information content (AvgIpc) is 2.83. The van der Waals surface area contributed by atoms with E-state index in [-0.39, 0.29) is 0 Å². The first kappa shape index (κ1) is 12.9. The zero-order chi connectivity index (χ0) is 13.2. The van der Waals surface area contributed by atoms with Crippen molar-refractivity contribution >= 4 is 33.4 Å². The lowest BCUT2D eigenvalue weighted by molar-refractivity contribution is 0.339. The van der Waals surface area contributed by atoms with Gasteiger partial charge in [-0.25, -0.2) is 0 Å². The third-order valence-electron chi connectivity index (χ3n) is 3.21. The second kappa shape index (κ2) is 5.47. The molecule has 4 heteroatoms. The van der Waals surface area contributed by atoms with Gasteiger partial charge in [0, 0.05) is 32.3 Å².